The molecule has 0 bridgehead atoms. The van der Waals surface area contributed by atoms with Gasteiger partial charge in [0.2, 0.25) is 0 Å². The summed E-state index contributed by atoms with van der Waals surface area (Å²) in [5, 5.41) is 6.60. The van der Waals surface area contributed by atoms with Crippen LogP contribution in [0.2, 0.25) is 0 Å². The van der Waals surface area contributed by atoms with Gasteiger partial charge in [-0.05, 0) is 73.6 Å². The summed E-state index contributed by atoms with van der Waals surface area (Å²) in [4.78, 5) is 29.9. The molecule has 168 valence electrons. The minimum absolute atomic E-state index is 0.0851. The number of hydrogen-bond donors (Lipinski definition) is 2. The van der Waals surface area contributed by atoms with E-state index in [9.17, 15) is 9.59 Å². The van der Waals surface area contributed by atoms with Crippen molar-refractivity contribution in [2.45, 2.75) is 13.8 Å². The molecule has 0 unspecified atom stereocenters. The fourth-order valence-electron chi connectivity index (χ4n) is 3.52. The van der Waals surface area contributed by atoms with Crippen molar-refractivity contribution in [2.75, 3.05) is 5.32 Å². The maximum atomic E-state index is 13.3. The van der Waals surface area contributed by atoms with E-state index < -0.39 is 0 Å². The Morgan fingerprint density at radius 2 is 1.65 bits per heavy atom. The van der Waals surface area contributed by atoms with E-state index in [2.05, 4.69) is 15.6 Å². The number of hydrogen-bond acceptors (Lipinski definition) is 4. The van der Waals surface area contributed by atoms with Crippen molar-refractivity contribution in [3.8, 4) is 0 Å². The number of ketones is 1. The van der Waals surface area contributed by atoms with Crippen molar-refractivity contribution in [1.82, 2.24) is 10.3 Å². The van der Waals surface area contributed by atoms with Crippen molar-refractivity contribution in [3.63, 3.8) is 0 Å². The monoisotopic (exact) mass is 465 g/mol. The van der Waals surface area contributed by atoms with Gasteiger partial charge in [-0.1, -0.05) is 54.6 Å². The second kappa shape index (κ2) is 10.2. The van der Waals surface area contributed by atoms with E-state index in [4.69, 9.17) is 12.2 Å². The highest BCUT2D eigenvalue weighted by molar-refractivity contribution is 7.80. The first-order chi connectivity index (χ1) is 16.4. The van der Waals surface area contributed by atoms with Crippen LogP contribution in [-0.4, -0.2) is 21.8 Å². The maximum Gasteiger partial charge on any atom is 0.258 e. The van der Waals surface area contributed by atoms with Gasteiger partial charge in [-0.2, -0.15) is 0 Å². The SMILES string of the molecule is CC(=O)c1ccc2nc(/C=C/c3ccccc3)cc(C(=O)NC(=S)Nc3ccccc3C)c2c1. The molecule has 0 aliphatic rings. The molecule has 1 aromatic heterocycles. The number of aromatic nitrogens is 1. The molecule has 0 saturated carbocycles. The first-order valence-electron chi connectivity index (χ1n) is 10.8. The molecule has 0 saturated heterocycles. The molecule has 6 heteroatoms. The Morgan fingerprint density at radius 3 is 2.38 bits per heavy atom. The van der Waals surface area contributed by atoms with E-state index in [-0.39, 0.29) is 16.8 Å². The van der Waals surface area contributed by atoms with Crippen LogP contribution in [-0.2, 0) is 0 Å². The Bertz CT molecular complexity index is 1430. The molecular weight excluding hydrogens is 442 g/mol. The lowest BCUT2D eigenvalue weighted by Crippen LogP contribution is -2.34. The molecule has 0 spiro atoms. The fraction of sp³-hybridized carbons (Fsp3) is 0.0714. The van der Waals surface area contributed by atoms with Crippen LogP contribution in [0.1, 0.15) is 44.5 Å². The summed E-state index contributed by atoms with van der Waals surface area (Å²) in [5.41, 5.74) is 4.97. The molecule has 1 amide bonds. The number of rotatable bonds is 5. The number of benzene rings is 3. The average Bonchev–Trinajstić information content (AvgIpc) is 2.83. The van der Waals surface area contributed by atoms with Crippen LogP contribution in [0.4, 0.5) is 5.69 Å². The molecule has 4 aromatic rings. The van der Waals surface area contributed by atoms with Crippen LogP contribution in [0.5, 0.6) is 0 Å². The van der Waals surface area contributed by atoms with Gasteiger partial charge in [0.15, 0.2) is 10.9 Å². The molecule has 1 heterocycles. The lowest BCUT2D eigenvalue weighted by molar-refractivity contribution is 0.0976. The number of carbonyl (C=O) groups is 2. The van der Waals surface area contributed by atoms with Gasteiger partial charge in [0.25, 0.3) is 5.91 Å². The summed E-state index contributed by atoms with van der Waals surface area (Å²) in [6.07, 6.45) is 3.79. The van der Waals surface area contributed by atoms with Crippen LogP contribution >= 0.6 is 12.2 Å². The van der Waals surface area contributed by atoms with Crippen molar-refractivity contribution < 1.29 is 9.59 Å². The summed E-state index contributed by atoms with van der Waals surface area (Å²) in [6.45, 7) is 3.45. The number of para-hydroxylation sites is 1. The Hall–Kier alpha value is -4.16. The minimum Gasteiger partial charge on any atom is -0.332 e. The van der Waals surface area contributed by atoms with E-state index in [1.54, 1.807) is 24.3 Å². The van der Waals surface area contributed by atoms with E-state index >= 15 is 0 Å². The normalized spacial score (nSPS) is 10.9. The largest absolute Gasteiger partial charge is 0.332 e. The first-order valence-corrected chi connectivity index (χ1v) is 11.2. The molecule has 0 atom stereocenters. The lowest BCUT2D eigenvalue weighted by atomic mass is 10.0. The predicted octanol–water partition coefficient (Wildman–Crippen LogP) is 6.04. The minimum atomic E-state index is -0.381. The van der Waals surface area contributed by atoms with E-state index in [0.717, 1.165) is 16.8 Å². The number of Topliss-reactive ketones (excluding diaryl/α,β-unsaturated/α-hetero) is 1. The quantitative estimate of drug-likeness (QED) is 0.278. The van der Waals surface area contributed by atoms with Gasteiger partial charge in [-0.25, -0.2) is 4.98 Å². The van der Waals surface area contributed by atoms with Gasteiger partial charge in [0.05, 0.1) is 16.8 Å². The summed E-state index contributed by atoms with van der Waals surface area (Å²) >= 11 is 5.38. The van der Waals surface area contributed by atoms with Crippen LogP contribution in [0.15, 0.2) is 78.9 Å². The lowest BCUT2D eigenvalue weighted by Gasteiger charge is -2.13. The number of carbonyl (C=O) groups excluding carboxylic acids is 2. The molecule has 0 aliphatic carbocycles. The topological polar surface area (TPSA) is 71.1 Å². The zero-order chi connectivity index (χ0) is 24.1. The molecule has 2 N–H and O–H groups in total. The van der Waals surface area contributed by atoms with Gasteiger partial charge >= 0.3 is 0 Å². The summed E-state index contributed by atoms with van der Waals surface area (Å²) in [5.74, 6) is -0.466. The molecule has 0 fully saturated rings. The average molecular weight is 466 g/mol. The van der Waals surface area contributed by atoms with Crippen LogP contribution in [0.3, 0.4) is 0 Å². The fourth-order valence-corrected chi connectivity index (χ4v) is 3.72. The van der Waals surface area contributed by atoms with Crippen molar-refractivity contribution in [1.29, 1.82) is 0 Å². The molecule has 0 radical (unpaired) electrons. The Labute approximate surface area is 203 Å². The second-order valence-electron chi connectivity index (χ2n) is 7.85. The van der Waals surface area contributed by atoms with E-state index in [0.29, 0.717) is 27.7 Å². The van der Waals surface area contributed by atoms with Crippen LogP contribution < -0.4 is 10.6 Å². The second-order valence-corrected chi connectivity index (χ2v) is 8.26. The zero-order valence-electron chi connectivity index (χ0n) is 18.8. The summed E-state index contributed by atoms with van der Waals surface area (Å²) in [6, 6.07) is 24.4. The van der Waals surface area contributed by atoms with Crippen molar-refractivity contribution in [2.24, 2.45) is 0 Å². The third kappa shape index (κ3) is 5.42. The van der Waals surface area contributed by atoms with Crippen LogP contribution in [0, 0.1) is 6.92 Å². The molecule has 4 rings (SSSR count). The highest BCUT2D eigenvalue weighted by Crippen LogP contribution is 2.22. The van der Waals surface area contributed by atoms with Gasteiger partial charge in [0.1, 0.15) is 0 Å². The number of aryl methyl sites for hydroxylation is 1. The van der Waals surface area contributed by atoms with E-state index in [1.165, 1.54) is 6.92 Å². The number of pyridine rings is 1. The van der Waals surface area contributed by atoms with Crippen molar-refractivity contribution in [3.05, 3.63) is 107 Å². The molecule has 3 aromatic carbocycles. The first kappa shape index (κ1) is 23.0. The smallest absolute Gasteiger partial charge is 0.258 e. The van der Waals surface area contributed by atoms with Gasteiger partial charge in [-0.15, -0.1) is 0 Å². The summed E-state index contributed by atoms with van der Waals surface area (Å²) in [7, 11) is 0. The van der Waals surface area contributed by atoms with Gasteiger partial charge < -0.3 is 5.32 Å². The van der Waals surface area contributed by atoms with E-state index in [1.807, 2.05) is 73.7 Å². The Kier molecular flexibility index (Phi) is 6.90. The molecule has 34 heavy (non-hydrogen) atoms. The van der Waals surface area contributed by atoms with Crippen LogP contribution in [0.25, 0.3) is 23.1 Å². The molecule has 0 aliphatic heterocycles. The van der Waals surface area contributed by atoms with Gasteiger partial charge in [-0.3, -0.25) is 14.9 Å². The number of anilines is 1. The Balaban J connectivity index is 1.69. The van der Waals surface area contributed by atoms with Gasteiger partial charge in [0, 0.05) is 16.6 Å². The highest BCUT2D eigenvalue weighted by atomic mass is 32.1. The number of nitrogens with one attached hydrogen (secondary N) is 2. The third-order valence-electron chi connectivity index (χ3n) is 5.35. The zero-order valence-corrected chi connectivity index (χ0v) is 19.6. The summed E-state index contributed by atoms with van der Waals surface area (Å²) < 4.78 is 0. The maximum absolute atomic E-state index is 13.3. The standard InChI is InChI=1S/C28H23N3O2S/c1-18-8-6-7-11-25(18)30-28(34)31-27(33)24-17-22(14-12-20-9-4-3-5-10-20)29-26-15-13-21(19(2)32)16-23(24)26/h3-17H,1-2H3,(H2,30,31,33,34)/b14-12+. The van der Waals surface area contributed by atoms with Crippen molar-refractivity contribution >= 4 is 57.8 Å². The number of fused-ring (bicyclic) bond motifs is 1. The Morgan fingerprint density at radius 1 is 0.912 bits per heavy atom. The predicted molar refractivity (Wildman–Crippen MR) is 142 cm³/mol. The number of thiocarbonyl (C=S) groups is 1. The highest BCUT2D eigenvalue weighted by Gasteiger charge is 2.16. The number of nitrogens with zero attached hydrogens (tertiary/aromatic N) is 1. The molecule has 5 nitrogen and oxygen atoms in total. The number of amides is 1. The molecular formula is C28H23N3O2S. The third-order valence-corrected chi connectivity index (χ3v) is 5.55.